The lowest BCUT2D eigenvalue weighted by Crippen LogP contribution is -2.30. The van der Waals surface area contributed by atoms with Gasteiger partial charge < -0.3 is 10.2 Å². The molecular weight excluding hydrogens is 262 g/mol. The fourth-order valence-corrected chi connectivity index (χ4v) is 2.30. The van der Waals surface area contributed by atoms with Crippen molar-refractivity contribution in [2.75, 3.05) is 18.9 Å². The van der Waals surface area contributed by atoms with E-state index in [1.807, 2.05) is 56.1 Å². The van der Waals surface area contributed by atoms with E-state index in [2.05, 4.69) is 10.3 Å². The van der Waals surface area contributed by atoms with Crippen LogP contribution in [0.2, 0.25) is 0 Å². The summed E-state index contributed by atoms with van der Waals surface area (Å²) in [6.07, 6.45) is 3.50. The van der Waals surface area contributed by atoms with Gasteiger partial charge in [-0.15, -0.1) is 0 Å². The molecule has 0 aliphatic rings. The van der Waals surface area contributed by atoms with Crippen LogP contribution < -0.4 is 5.32 Å². The van der Waals surface area contributed by atoms with Gasteiger partial charge in [0.25, 0.3) is 5.91 Å². The van der Waals surface area contributed by atoms with Crippen molar-refractivity contribution in [3.8, 4) is 0 Å². The number of carbonyl (C=O) groups is 1. The Morgan fingerprint density at radius 1 is 1.24 bits per heavy atom. The number of carbonyl (C=O) groups excluding carboxylic acids is 1. The van der Waals surface area contributed by atoms with Crippen molar-refractivity contribution in [3.05, 3.63) is 59.4 Å². The molecule has 0 aliphatic carbocycles. The third-order valence-electron chi connectivity index (χ3n) is 3.53. The molecule has 0 fully saturated rings. The number of hydrogen-bond donors (Lipinski definition) is 1. The quantitative estimate of drug-likeness (QED) is 0.917. The van der Waals surface area contributed by atoms with Crippen LogP contribution in [0.5, 0.6) is 0 Å². The van der Waals surface area contributed by atoms with Gasteiger partial charge in [0, 0.05) is 43.8 Å². The largest absolute Gasteiger partial charge is 0.388 e. The molecule has 4 heteroatoms. The number of amides is 1. The summed E-state index contributed by atoms with van der Waals surface area (Å²) in [5.41, 5.74) is 3.93. The Hall–Kier alpha value is -2.36. The predicted octanol–water partition coefficient (Wildman–Crippen LogP) is 3.09. The van der Waals surface area contributed by atoms with Gasteiger partial charge in [-0.1, -0.05) is 0 Å². The number of nitrogens with one attached hydrogen (secondary N) is 1. The molecule has 0 radical (unpaired) electrons. The number of pyridine rings is 1. The zero-order valence-electron chi connectivity index (χ0n) is 12.8. The first-order chi connectivity index (χ1) is 10.2. The van der Waals surface area contributed by atoms with E-state index in [9.17, 15) is 4.79 Å². The molecule has 2 rings (SSSR count). The highest BCUT2D eigenvalue weighted by molar-refractivity contribution is 5.94. The van der Waals surface area contributed by atoms with E-state index in [-0.39, 0.29) is 5.91 Å². The van der Waals surface area contributed by atoms with Crippen molar-refractivity contribution in [2.45, 2.75) is 20.4 Å². The van der Waals surface area contributed by atoms with E-state index in [0.29, 0.717) is 13.1 Å². The lowest BCUT2D eigenvalue weighted by atomic mass is 10.1. The molecule has 0 saturated heterocycles. The molecule has 4 nitrogen and oxygen atoms in total. The standard InChI is InChI=1S/C17H21N3O/c1-4-20(12-14-7-9-19-10-8-14)17(21)15-5-6-16(18-3)13(2)11-15/h5-11,18H,4,12H2,1-3H3. The van der Waals surface area contributed by atoms with Crippen LogP contribution in [-0.4, -0.2) is 29.4 Å². The van der Waals surface area contributed by atoms with Gasteiger partial charge in [-0.3, -0.25) is 9.78 Å². The zero-order valence-corrected chi connectivity index (χ0v) is 12.8. The molecular formula is C17H21N3O. The van der Waals surface area contributed by atoms with E-state index >= 15 is 0 Å². The zero-order chi connectivity index (χ0) is 15.2. The molecule has 0 atom stereocenters. The summed E-state index contributed by atoms with van der Waals surface area (Å²) in [4.78, 5) is 18.5. The fourth-order valence-electron chi connectivity index (χ4n) is 2.30. The lowest BCUT2D eigenvalue weighted by Gasteiger charge is -2.21. The first-order valence-electron chi connectivity index (χ1n) is 7.12. The average Bonchev–Trinajstić information content (AvgIpc) is 2.53. The average molecular weight is 283 g/mol. The number of aromatic nitrogens is 1. The Balaban J connectivity index is 2.18. The van der Waals surface area contributed by atoms with Gasteiger partial charge in [-0.05, 0) is 55.3 Å². The first kappa shape index (κ1) is 15.0. The Kier molecular flexibility index (Phi) is 4.93. The summed E-state index contributed by atoms with van der Waals surface area (Å²) in [5, 5.41) is 3.11. The normalized spacial score (nSPS) is 10.2. The van der Waals surface area contributed by atoms with Gasteiger partial charge in [0.1, 0.15) is 0 Å². The Bertz CT molecular complexity index is 611. The molecule has 110 valence electrons. The summed E-state index contributed by atoms with van der Waals surface area (Å²) in [7, 11) is 1.88. The minimum atomic E-state index is 0.0556. The summed E-state index contributed by atoms with van der Waals surface area (Å²) in [6.45, 7) is 5.27. The van der Waals surface area contributed by atoms with Crippen molar-refractivity contribution in [1.29, 1.82) is 0 Å². The van der Waals surface area contributed by atoms with Crippen LogP contribution in [0.25, 0.3) is 0 Å². The van der Waals surface area contributed by atoms with Crippen LogP contribution in [0.4, 0.5) is 5.69 Å². The maximum atomic E-state index is 12.6. The highest BCUT2D eigenvalue weighted by Gasteiger charge is 2.15. The van der Waals surface area contributed by atoms with Gasteiger partial charge >= 0.3 is 0 Å². The van der Waals surface area contributed by atoms with Crippen LogP contribution in [0, 0.1) is 6.92 Å². The summed E-state index contributed by atoms with van der Waals surface area (Å²) in [6, 6.07) is 9.62. The molecule has 1 N–H and O–H groups in total. The second-order valence-corrected chi connectivity index (χ2v) is 4.95. The van der Waals surface area contributed by atoms with Gasteiger partial charge in [0.2, 0.25) is 0 Å². The number of benzene rings is 1. The van der Waals surface area contributed by atoms with Crippen LogP contribution in [0.15, 0.2) is 42.7 Å². The highest BCUT2D eigenvalue weighted by Crippen LogP contribution is 2.17. The topological polar surface area (TPSA) is 45.2 Å². The van der Waals surface area contributed by atoms with Crippen LogP contribution in [0.1, 0.15) is 28.4 Å². The Labute approximate surface area is 125 Å². The lowest BCUT2D eigenvalue weighted by molar-refractivity contribution is 0.0752. The summed E-state index contributed by atoms with van der Waals surface area (Å²) in [5.74, 6) is 0.0556. The highest BCUT2D eigenvalue weighted by atomic mass is 16.2. The fraction of sp³-hybridized carbons (Fsp3) is 0.294. The van der Waals surface area contributed by atoms with Gasteiger partial charge in [-0.25, -0.2) is 0 Å². The van der Waals surface area contributed by atoms with Crippen molar-refractivity contribution in [1.82, 2.24) is 9.88 Å². The Morgan fingerprint density at radius 3 is 2.52 bits per heavy atom. The molecule has 1 aromatic heterocycles. The third kappa shape index (κ3) is 3.60. The van der Waals surface area contributed by atoms with E-state index in [4.69, 9.17) is 0 Å². The Morgan fingerprint density at radius 2 is 1.95 bits per heavy atom. The smallest absolute Gasteiger partial charge is 0.254 e. The molecule has 0 spiro atoms. The number of nitrogens with zero attached hydrogens (tertiary/aromatic N) is 2. The second kappa shape index (κ2) is 6.88. The SMILES string of the molecule is CCN(Cc1ccncc1)C(=O)c1ccc(NC)c(C)c1. The molecule has 2 aromatic rings. The van der Waals surface area contributed by atoms with E-state index in [0.717, 1.165) is 22.4 Å². The van der Waals surface area contributed by atoms with Crippen molar-refractivity contribution < 1.29 is 4.79 Å². The summed E-state index contributed by atoms with van der Waals surface area (Å²) >= 11 is 0. The third-order valence-corrected chi connectivity index (χ3v) is 3.53. The van der Waals surface area contributed by atoms with Gasteiger partial charge in [0.15, 0.2) is 0 Å². The maximum Gasteiger partial charge on any atom is 0.254 e. The molecule has 0 aliphatic heterocycles. The van der Waals surface area contributed by atoms with Crippen LogP contribution in [-0.2, 0) is 6.54 Å². The molecule has 0 saturated carbocycles. The molecule has 0 bridgehead atoms. The molecule has 1 heterocycles. The van der Waals surface area contributed by atoms with Crippen LogP contribution >= 0.6 is 0 Å². The van der Waals surface area contributed by atoms with Crippen LogP contribution in [0.3, 0.4) is 0 Å². The number of rotatable bonds is 5. The van der Waals surface area contributed by atoms with E-state index in [1.54, 1.807) is 12.4 Å². The number of hydrogen-bond acceptors (Lipinski definition) is 3. The number of aryl methyl sites for hydroxylation is 1. The number of anilines is 1. The molecule has 0 unspecified atom stereocenters. The molecule has 1 amide bonds. The van der Waals surface area contributed by atoms with Gasteiger partial charge in [-0.2, -0.15) is 0 Å². The van der Waals surface area contributed by atoms with E-state index < -0.39 is 0 Å². The van der Waals surface area contributed by atoms with Gasteiger partial charge in [0.05, 0.1) is 0 Å². The van der Waals surface area contributed by atoms with Crippen molar-refractivity contribution >= 4 is 11.6 Å². The first-order valence-corrected chi connectivity index (χ1v) is 7.12. The molecule has 1 aromatic carbocycles. The predicted molar refractivity (Wildman–Crippen MR) is 85.4 cm³/mol. The minimum absolute atomic E-state index is 0.0556. The second-order valence-electron chi connectivity index (χ2n) is 4.95. The molecule has 21 heavy (non-hydrogen) atoms. The maximum absolute atomic E-state index is 12.6. The summed E-state index contributed by atoms with van der Waals surface area (Å²) < 4.78 is 0. The van der Waals surface area contributed by atoms with E-state index in [1.165, 1.54) is 0 Å². The monoisotopic (exact) mass is 283 g/mol. The van der Waals surface area contributed by atoms with Crippen molar-refractivity contribution in [2.24, 2.45) is 0 Å². The van der Waals surface area contributed by atoms with Crippen molar-refractivity contribution in [3.63, 3.8) is 0 Å². The minimum Gasteiger partial charge on any atom is -0.388 e.